The van der Waals surface area contributed by atoms with E-state index in [1.807, 2.05) is 4.90 Å². The Morgan fingerprint density at radius 3 is 2.80 bits per heavy atom. The first-order valence-electron chi connectivity index (χ1n) is 7.56. The molecule has 0 radical (unpaired) electrons. The summed E-state index contributed by atoms with van der Waals surface area (Å²) in [6.07, 6.45) is 3.40. The minimum absolute atomic E-state index is 0.00534. The Morgan fingerprint density at radius 1 is 1.40 bits per heavy atom. The summed E-state index contributed by atoms with van der Waals surface area (Å²) in [6, 6.07) is 3.42. The van der Waals surface area contributed by atoms with Crippen molar-refractivity contribution in [3.8, 4) is 11.5 Å². The van der Waals surface area contributed by atoms with Gasteiger partial charge in [-0.1, -0.05) is 11.6 Å². The topological polar surface area (TPSA) is 108 Å². The van der Waals surface area contributed by atoms with E-state index >= 15 is 0 Å². The number of benzene rings is 1. The molecule has 0 atom stereocenters. The van der Waals surface area contributed by atoms with Gasteiger partial charge < -0.3 is 24.7 Å². The van der Waals surface area contributed by atoms with Crippen LogP contribution in [-0.4, -0.2) is 57.9 Å². The van der Waals surface area contributed by atoms with Crippen LogP contribution in [0.1, 0.15) is 11.4 Å². The van der Waals surface area contributed by atoms with Crippen LogP contribution in [0.5, 0.6) is 11.5 Å². The molecule has 2 rings (SSSR count). The molecule has 0 saturated carbocycles. The van der Waals surface area contributed by atoms with E-state index in [1.54, 1.807) is 24.5 Å². The van der Waals surface area contributed by atoms with Gasteiger partial charge in [-0.15, -0.1) is 0 Å². The number of rotatable bonds is 10. The largest absolute Gasteiger partial charge is 0.493 e. The van der Waals surface area contributed by atoms with E-state index in [0.29, 0.717) is 25.4 Å². The lowest BCUT2D eigenvalue weighted by molar-refractivity contribution is -0.139. The Morgan fingerprint density at radius 2 is 2.20 bits per heavy atom. The second-order valence-electron chi connectivity index (χ2n) is 5.26. The molecule has 8 nitrogen and oxygen atoms in total. The number of aliphatic hydroxyl groups excluding tert-OH is 1. The number of H-pyrrole nitrogens is 1. The number of halogens is 1. The van der Waals surface area contributed by atoms with Crippen molar-refractivity contribution < 1.29 is 24.5 Å². The molecule has 25 heavy (non-hydrogen) atoms. The molecule has 1 aromatic carbocycles. The first kappa shape index (κ1) is 19.0. The van der Waals surface area contributed by atoms with Gasteiger partial charge in [-0.3, -0.25) is 4.90 Å². The summed E-state index contributed by atoms with van der Waals surface area (Å²) in [5.74, 6) is 0.225. The molecule has 0 fully saturated rings. The third-order valence-corrected chi connectivity index (χ3v) is 3.66. The minimum atomic E-state index is -1.10. The van der Waals surface area contributed by atoms with Gasteiger partial charge in [0.05, 0.1) is 25.3 Å². The lowest BCUT2D eigenvalue weighted by Gasteiger charge is -2.21. The van der Waals surface area contributed by atoms with Crippen LogP contribution in [-0.2, 0) is 17.9 Å². The number of carbonyl (C=O) groups is 1. The van der Waals surface area contributed by atoms with Crippen molar-refractivity contribution >= 4 is 17.6 Å². The number of nitrogens with one attached hydrogen (secondary N) is 1. The number of aromatic amines is 1. The summed E-state index contributed by atoms with van der Waals surface area (Å²) < 4.78 is 10.4. The molecule has 0 unspecified atom stereocenters. The molecule has 3 N–H and O–H groups in total. The normalized spacial score (nSPS) is 10.9. The van der Waals surface area contributed by atoms with Crippen LogP contribution in [0.25, 0.3) is 0 Å². The number of aliphatic carboxylic acids is 1. The van der Waals surface area contributed by atoms with Gasteiger partial charge in [-0.25, -0.2) is 9.78 Å². The average molecular weight is 370 g/mol. The molecule has 0 aliphatic heterocycles. The second kappa shape index (κ2) is 9.26. The molecule has 0 aliphatic carbocycles. The number of methoxy groups -OCH3 is 1. The number of imidazole rings is 1. The number of carboxylic acids is 1. The van der Waals surface area contributed by atoms with E-state index in [9.17, 15) is 9.90 Å². The smallest absolute Gasteiger partial charge is 0.341 e. The van der Waals surface area contributed by atoms with Crippen LogP contribution < -0.4 is 9.47 Å². The molecule has 0 amide bonds. The Labute approximate surface area is 150 Å². The van der Waals surface area contributed by atoms with Crippen molar-refractivity contribution in [3.63, 3.8) is 0 Å². The molecule has 0 bridgehead atoms. The zero-order valence-corrected chi connectivity index (χ0v) is 14.5. The fourth-order valence-electron chi connectivity index (χ4n) is 2.35. The Bertz CT molecular complexity index is 693. The maximum absolute atomic E-state index is 10.7. The number of aliphatic hydroxyl groups is 1. The number of nitrogens with zero attached hydrogens (tertiary/aromatic N) is 2. The average Bonchev–Trinajstić information content (AvgIpc) is 3.06. The molecule has 2 aromatic rings. The summed E-state index contributed by atoms with van der Waals surface area (Å²) in [4.78, 5) is 19.9. The third-order valence-electron chi connectivity index (χ3n) is 3.38. The highest BCUT2D eigenvalue weighted by atomic mass is 35.5. The van der Waals surface area contributed by atoms with E-state index in [2.05, 4.69) is 9.97 Å². The van der Waals surface area contributed by atoms with Crippen LogP contribution in [0.4, 0.5) is 0 Å². The van der Waals surface area contributed by atoms with E-state index < -0.39 is 12.6 Å². The van der Waals surface area contributed by atoms with Gasteiger partial charge in [0.2, 0.25) is 0 Å². The van der Waals surface area contributed by atoms with Gasteiger partial charge in [0.25, 0.3) is 0 Å². The fourth-order valence-corrected chi connectivity index (χ4v) is 2.64. The first-order valence-corrected chi connectivity index (χ1v) is 7.93. The van der Waals surface area contributed by atoms with E-state index in [4.69, 9.17) is 26.2 Å². The second-order valence-corrected chi connectivity index (χ2v) is 5.67. The highest BCUT2D eigenvalue weighted by Gasteiger charge is 2.16. The fraction of sp³-hybridized carbons (Fsp3) is 0.375. The quantitative estimate of drug-likeness (QED) is 0.582. The van der Waals surface area contributed by atoms with Crippen LogP contribution in [0.3, 0.4) is 0 Å². The highest BCUT2D eigenvalue weighted by molar-refractivity contribution is 6.32. The predicted molar refractivity (Wildman–Crippen MR) is 90.9 cm³/mol. The van der Waals surface area contributed by atoms with Gasteiger partial charge in [0.1, 0.15) is 5.82 Å². The molecule has 0 saturated heterocycles. The number of aromatic nitrogens is 2. The number of carboxylic acid groups (broad SMARTS) is 1. The summed E-state index contributed by atoms with van der Waals surface area (Å²) >= 11 is 6.22. The maximum Gasteiger partial charge on any atom is 0.341 e. The zero-order valence-electron chi connectivity index (χ0n) is 13.7. The Balaban J connectivity index is 2.16. The van der Waals surface area contributed by atoms with Crippen LogP contribution in [0, 0.1) is 0 Å². The molecule has 0 spiro atoms. The minimum Gasteiger partial charge on any atom is -0.493 e. The van der Waals surface area contributed by atoms with Crippen LogP contribution in [0.15, 0.2) is 24.5 Å². The van der Waals surface area contributed by atoms with Gasteiger partial charge >= 0.3 is 5.97 Å². The Hall–Kier alpha value is -2.29. The highest BCUT2D eigenvalue weighted by Crippen LogP contribution is 2.36. The summed E-state index contributed by atoms with van der Waals surface area (Å²) in [7, 11) is 1.46. The number of hydrogen-bond acceptors (Lipinski definition) is 6. The van der Waals surface area contributed by atoms with Crippen LogP contribution >= 0.6 is 11.6 Å². The van der Waals surface area contributed by atoms with E-state index in [1.165, 1.54) is 7.11 Å². The van der Waals surface area contributed by atoms with Crippen molar-refractivity contribution in [3.05, 3.63) is 40.9 Å². The summed E-state index contributed by atoms with van der Waals surface area (Å²) in [5, 5.41) is 18.3. The summed E-state index contributed by atoms with van der Waals surface area (Å²) in [5.41, 5.74) is 0.838. The van der Waals surface area contributed by atoms with E-state index in [-0.39, 0.29) is 17.4 Å². The molecule has 0 aliphatic rings. The van der Waals surface area contributed by atoms with Crippen molar-refractivity contribution in [1.29, 1.82) is 0 Å². The number of hydrogen-bond donors (Lipinski definition) is 3. The van der Waals surface area contributed by atoms with Gasteiger partial charge in [-0.2, -0.15) is 0 Å². The Kier molecular flexibility index (Phi) is 7.05. The monoisotopic (exact) mass is 369 g/mol. The number of ether oxygens (including phenoxy) is 2. The van der Waals surface area contributed by atoms with E-state index in [0.717, 1.165) is 11.4 Å². The van der Waals surface area contributed by atoms with Crippen molar-refractivity contribution in [2.24, 2.45) is 0 Å². The predicted octanol–water partition coefficient (Wildman–Crippen LogP) is 1.53. The third kappa shape index (κ3) is 5.63. The van der Waals surface area contributed by atoms with Crippen molar-refractivity contribution in [2.45, 2.75) is 13.1 Å². The lowest BCUT2D eigenvalue weighted by Crippen LogP contribution is -2.26. The molecule has 1 heterocycles. The molecule has 136 valence electrons. The zero-order chi connectivity index (χ0) is 18.2. The first-order chi connectivity index (χ1) is 12.0. The molecule has 1 aromatic heterocycles. The maximum atomic E-state index is 10.7. The van der Waals surface area contributed by atoms with Gasteiger partial charge in [0.15, 0.2) is 18.1 Å². The van der Waals surface area contributed by atoms with Gasteiger partial charge in [-0.05, 0) is 17.7 Å². The van der Waals surface area contributed by atoms with Gasteiger partial charge in [0, 0.05) is 25.5 Å². The molecular formula is C16H20ClN3O5. The van der Waals surface area contributed by atoms with Crippen molar-refractivity contribution in [1.82, 2.24) is 14.9 Å². The van der Waals surface area contributed by atoms with Crippen molar-refractivity contribution in [2.75, 3.05) is 26.9 Å². The summed E-state index contributed by atoms with van der Waals surface area (Å²) in [6.45, 7) is 0.981. The standard InChI is InChI=1S/C16H20ClN3O5/c1-24-13-7-11(6-12(17)16(13)25-10-15(22)23)8-20(4-5-21)9-14-18-2-3-19-14/h2-3,6-7,21H,4-5,8-10H2,1H3,(H,18,19)(H,22,23). The SMILES string of the molecule is COc1cc(CN(CCO)Cc2ncc[nH]2)cc(Cl)c1OCC(=O)O. The molecule has 9 heteroatoms. The molecular weight excluding hydrogens is 350 g/mol. The lowest BCUT2D eigenvalue weighted by atomic mass is 10.2. The van der Waals surface area contributed by atoms with Crippen LogP contribution in [0.2, 0.25) is 5.02 Å².